The number of carbonyl (C=O) groups is 1. The molecule has 0 saturated carbocycles. The molecule has 0 heterocycles. The topological polar surface area (TPSA) is 67.8 Å². The van der Waals surface area contributed by atoms with Gasteiger partial charge in [0.05, 0.1) is 0 Å². The number of alkyl carbamates (subject to hydrolysis) is 1. The molecule has 0 aliphatic heterocycles. The van der Waals surface area contributed by atoms with Crippen LogP contribution in [0.2, 0.25) is 18.1 Å². The van der Waals surface area contributed by atoms with Crippen LogP contribution in [0.3, 0.4) is 0 Å². The molecular weight excluding hydrogens is 286 g/mol. The third-order valence-electron chi connectivity index (χ3n) is 3.47. The van der Waals surface area contributed by atoms with Crippen molar-refractivity contribution in [1.82, 2.24) is 5.32 Å². The van der Waals surface area contributed by atoms with Crippen molar-refractivity contribution < 1.29 is 19.1 Å². The van der Waals surface area contributed by atoms with Gasteiger partial charge in [0, 0.05) is 0 Å². The summed E-state index contributed by atoms with van der Waals surface area (Å²) in [5.74, 6) is 0. The Labute approximate surface area is 129 Å². The zero-order valence-corrected chi connectivity index (χ0v) is 15.6. The van der Waals surface area contributed by atoms with E-state index in [1.165, 1.54) is 6.08 Å². The summed E-state index contributed by atoms with van der Waals surface area (Å²) in [5.41, 5.74) is -0.596. The van der Waals surface area contributed by atoms with Crippen LogP contribution in [0.5, 0.6) is 0 Å². The fourth-order valence-electron chi connectivity index (χ4n) is 1.24. The molecule has 2 N–H and O–H groups in total. The Morgan fingerprint density at radius 1 is 1.24 bits per heavy atom. The van der Waals surface area contributed by atoms with Crippen molar-refractivity contribution in [2.45, 2.75) is 77.6 Å². The average molecular weight is 318 g/mol. The van der Waals surface area contributed by atoms with Gasteiger partial charge in [-0.2, -0.15) is 0 Å². The summed E-state index contributed by atoms with van der Waals surface area (Å²) < 4.78 is 11.0. The fraction of sp³-hybridized carbons (Fsp3) is 0.800. The number of ether oxygens (including phenoxy) is 1. The molecule has 0 spiro atoms. The van der Waals surface area contributed by atoms with E-state index in [-0.39, 0.29) is 5.04 Å². The Hall–Kier alpha value is -0.853. The lowest BCUT2D eigenvalue weighted by Crippen LogP contribution is -2.51. The van der Waals surface area contributed by atoms with Gasteiger partial charge in [-0.05, 0) is 38.9 Å². The Morgan fingerprint density at radius 2 is 1.71 bits per heavy atom. The van der Waals surface area contributed by atoms with Crippen LogP contribution in [0.15, 0.2) is 12.7 Å². The molecule has 21 heavy (non-hydrogen) atoms. The summed E-state index contributed by atoms with van der Waals surface area (Å²) in [4.78, 5) is 11.8. The summed E-state index contributed by atoms with van der Waals surface area (Å²) in [5, 5.41) is 12.8. The van der Waals surface area contributed by atoms with E-state index in [2.05, 4.69) is 32.7 Å². The van der Waals surface area contributed by atoms with E-state index in [0.29, 0.717) is 0 Å². The lowest BCUT2D eigenvalue weighted by Gasteiger charge is -2.39. The second-order valence-electron chi connectivity index (χ2n) is 7.68. The predicted molar refractivity (Wildman–Crippen MR) is 87.6 cm³/mol. The molecule has 2 unspecified atom stereocenters. The largest absolute Gasteiger partial charge is 0.444 e. The van der Waals surface area contributed by atoms with E-state index >= 15 is 0 Å². The molecular formula is C15H31NO4Si. The third kappa shape index (κ3) is 7.11. The highest BCUT2D eigenvalue weighted by atomic mass is 28.4. The highest BCUT2D eigenvalue weighted by molar-refractivity contribution is 6.74. The predicted octanol–water partition coefficient (Wildman–Crippen LogP) is 3.41. The molecule has 0 fully saturated rings. The molecule has 0 radical (unpaired) electrons. The molecule has 0 aliphatic rings. The molecule has 0 aromatic heterocycles. The maximum atomic E-state index is 11.8. The van der Waals surface area contributed by atoms with Gasteiger partial charge in [0.15, 0.2) is 14.6 Å². The van der Waals surface area contributed by atoms with E-state index in [4.69, 9.17) is 9.16 Å². The molecule has 0 rings (SSSR count). The summed E-state index contributed by atoms with van der Waals surface area (Å²) in [7, 11) is -2.13. The number of hydrogen-bond donors (Lipinski definition) is 2. The molecule has 0 aliphatic carbocycles. The van der Waals surface area contributed by atoms with Gasteiger partial charge in [0.2, 0.25) is 0 Å². The Kier molecular flexibility index (Phi) is 6.66. The van der Waals surface area contributed by atoms with Crippen molar-refractivity contribution >= 4 is 14.4 Å². The van der Waals surface area contributed by atoms with Gasteiger partial charge in [-0.1, -0.05) is 26.8 Å². The van der Waals surface area contributed by atoms with Crippen LogP contribution < -0.4 is 5.32 Å². The smallest absolute Gasteiger partial charge is 0.408 e. The minimum atomic E-state index is -2.13. The van der Waals surface area contributed by atoms with Gasteiger partial charge in [0.25, 0.3) is 0 Å². The van der Waals surface area contributed by atoms with Crippen molar-refractivity contribution in [2.24, 2.45) is 0 Å². The van der Waals surface area contributed by atoms with Crippen molar-refractivity contribution in [3.63, 3.8) is 0 Å². The number of amides is 1. The van der Waals surface area contributed by atoms with Gasteiger partial charge in [-0.25, -0.2) is 4.79 Å². The Bertz CT molecular complexity index is 369. The molecule has 0 saturated heterocycles. The zero-order valence-electron chi connectivity index (χ0n) is 14.6. The molecule has 0 aromatic carbocycles. The first-order chi connectivity index (χ1) is 9.19. The number of rotatable bonds is 5. The molecule has 6 heteroatoms. The van der Waals surface area contributed by atoms with E-state index in [1.807, 2.05) is 13.1 Å². The second-order valence-corrected chi connectivity index (χ2v) is 12.4. The van der Waals surface area contributed by atoms with Crippen LogP contribution in [0.25, 0.3) is 0 Å². The van der Waals surface area contributed by atoms with E-state index in [0.717, 1.165) is 0 Å². The fourth-order valence-corrected chi connectivity index (χ4v) is 2.35. The minimum absolute atomic E-state index is 0.0361. The Balaban J connectivity index is 4.75. The molecule has 2 atom stereocenters. The molecule has 1 amide bonds. The maximum absolute atomic E-state index is 11.8. The average Bonchev–Trinajstić information content (AvgIpc) is 2.20. The summed E-state index contributed by atoms with van der Waals surface area (Å²) >= 11 is 0. The summed E-state index contributed by atoms with van der Waals surface area (Å²) in [6.45, 7) is 19.3. The van der Waals surface area contributed by atoms with Gasteiger partial charge in [0.1, 0.15) is 11.6 Å². The third-order valence-corrected chi connectivity index (χ3v) is 7.91. The van der Waals surface area contributed by atoms with Crippen LogP contribution in [0.1, 0.15) is 41.5 Å². The van der Waals surface area contributed by atoms with Crippen molar-refractivity contribution in [2.75, 3.05) is 0 Å². The monoisotopic (exact) mass is 317 g/mol. The summed E-state index contributed by atoms with van der Waals surface area (Å²) in [6, 6.07) is -0.714. The maximum Gasteiger partial charge on any atom is 0.408 e. The highest BCUT2D eigenvalue weighted by Crippen LogP contribution is 2.37. The molecule has 0 bridgehead atoms. The van der Waals surface area contributed by atoms with E-state index in [9.17, 15) is 9.90 Å². The summed E-state index contributed by atoms with van der Waals surface area (Å²) in [6.07, 6.45) is -0.303. The van der Waals surface area contributed by atoms with Gasteiger partial charge >= 0.3 is 6.09 Å². The van der Waals surface area contributed by atoms with Gasteiger partial charge < -0.3 is 19.6 Å². The number of carbonyl (C=O) groups excluding carboxylic acids is 1. The number of aliphatic hydroxyl groups excluding tert-OH is 1. The van der Waals surface area contributed by atoms with Crippen LogP contribution in [0, 0.1) is 0 Å². The van der Waals surface area contributed by atoms with Crippen molar-refractivity contribution in [1.29, 1.82) is 0 Å². The quantitative estimate of drug-likeness (QED) is 0.463. The van der Waals surface area contributed by atoms with Crippen LogP contribution in [-0.4, -0.2) is 37.5 Å². The standard InChI is InChI=1S/C15H31NO4Si/c1-10-11(16-13(18)19-14(2,3)4)12(17)20-21(8,9)15(5,6)7/h10-12,17H,1H2,2-9H3,(H,16,18). The SMILES string of the molecule is C=CC(NC(=O)OC(C)(C)C)C(O)O[Si](C)(C)C(C)(C)C. The first-order valence-electron chi connectivity index (χ1n) is 7.17. The number of hydrogen-bond acceptors (Lipinski definition) is 4. The number of aliphatic hydroxyl groups is 1. The van der Waals surface area contributed by atoms with Crippen LogP contribution in [0.4, 0.5) is 4.79 Å². The van der Waals surface area contributed by atoms with Crippen LogP contribution in [-0.2, 0) is 9.16 Å². The second kappa shape index (κ2) is 6.94. The number of nitrogens with one attached hydrogen (secondary N) is 1. The zero-order chi connectivity index (χ0) is 17.1. The lowest BCUT2D eigenvalue weighted by molar-refractivity contribution is -0.0462. The minimum Gasteiger partial charge on any atom is -0.444 e. The lowest BCUT2D eigenvalue weighted by atomic mass is 10.2. The van der Waals surface area contributed by atoms with Gasteiger partial charge in [-0.3, -0.25) is 0 Å². The normalized spacial score (nSPS) is 16.0. The molecule has 124 valence electrons. The molecule has 0 aromatic rings. The van der Waals surface area contributed by atoms with Crippen molar-refractivity contribution in [3.05, 3.63) is 12.7 Å². The molecule has 5 nitrogen and oxygen atoms in total. The van der Waals surface area contributed by atoms with E-state index < -0.39 is 32.3 Å². The van der Waals surface area contributed by atoms with Gasteiger partial charge in [-0.15, -0.1) is 6.58 Å². The van der Waals surface area contributed by atoms with Crippen molar-refractivity contribution in [3.8, 4) is 0 Å². The first kappa shape index (κ1) is 20.1. The highest BCUT2D eigenvalue weighted by Gasteiger charge is 2.40. The first-order valence-corrected chi connectivity index (χ1v) is 10.1. The Morgan fingerprint density at radius 3 is 2.05 bits per heavy atom. The van der Waals surface area contributed by atoms with E-state index in [1.54, 1.807) is 20.8 Å². The van der Waals surface area contributed by atoms with Crippen LogP contribution >= 0.6 is 0 Å².